The number of aromatic carboxylic acids is 1. The van der Waals surface area contributed by atoms with E-state index in [4.69, 9.17) is 0 Å². The first-order chi connectivity index (χ1) is 11.6. The molecule has 0 radical (unpaired) electrons. The number of halogens is 1. The molecular weight excluding hydrogens is 366 g/mol. The lowest BCUT2D eigenvalue weighted by molar-refractivity contribution is 0.0696. The zero-order valence-corrected chi connectivity index (χ0v) is 14.3. The van der Waals surface area contributed by atoms with Gasteiger partial charge in [0.05, 0.1) is 11.3 Å². The molecule has 1 heterocycles. The van der Waals surface area contributed by atoms with Gasteiger partial charge in [-0.25, -0.2) is 4.79 Å². The fourth-order valence-corrected chi connectivity index (χ4v) is 2.77. The number of carboxylic acid groups (broad SMARTS) is 1. The van der Waals surface area contributed by atoms with Crippen molar-refractivity contribution in [2.24, 2.45) is 0 Å². The fraction of sp³-hybridized carbons (Fsp3) is 0. The molecule has 0 aliphatic carbocycles. The van der Waals surface area contributed by atoms with E-state index in [1.165, 1.54) is 0 Å². The van der Waals surface area contributed by atoms with Crippen LogP contribution in [0, 0.1) is 0 Å². The van der Waals surface area contributed by atoms with Gasteiger partial charge in [0.25, 0.3) is 0 Å². The molecule has 0 saturated carbocycles. The summed E-state index contributed by atoms with van der Waals surface area (Å²) in [6.07, 6.45) is 5.27. The molecule has 3 nitrogen and oxygen atoms in total. The molecule has 3 rings (SSSR count). The minimum Gasteiger partial charge on any atom is -0.478 e. The lowest BCUT2D eigenvalue weighted by Gasteiger charge is -2.05. The van der Waals surface area contributed by atoms with Crippen LogP contribution in [0.3, 0.4) is 0 Å². The maximum Gasteiger partial charge on any atom is 0.337 e. The average molecular weight is 380 g/mol. The van der Waals surface area contributed by atoms with Crippen LogP contribution in [0.2, 0.25) is 0 Å². The first kappa shape index (κ1) is 16.1. The van der Waals surface area contributed by atoms with Crippen LogP contribution < -0.4 is 0 Å². The molecule has 2 aromatic carbocycles. The van der Waals surface area contributed by atoms with Crippen molar-refractivity contribution >= 4 is 34.1 Å². The van der Waals surface area contributed by atoms with Gasteiger partial charge in [0.15, 0.2) is 0 Å². The summed E-state index contributed by atoms with van der Waals surface area (Å²) in [6, 6.07) is 19.0. The summed E-state index contributed by atoms with van der Waals surface area (Å²) in [5, 5.41) is 9.50. The Balaban J connectivity index is 1.98. The van der Waals surface area contributed by atoms with Crippen molar-refractivity contribution in [3.05, 3.63) is 88.2 Å². The van der Waals surface area contributed by atoms with Crippen LogP contribution in [-0.2, 0) is 0 Å². The molecule has 0 spiro atoms. The number of rotatable bonds is 4. The summed E-state index contributed by atoms with van der Waals surface area (Å²) in [7, 11) is 0. The van der Waals surface area contributed by atoms with Gasteiger partial charge in [-0.15, -0.1) is 0 Å². The van der Waals surface area contributed by atoms with Gasteiger partial charge in [0.1, 0.15) is 0 Å². The second-order valence-corrected chi connectivity index (χ2v) is 6.13. The molecule has 1 aromatic heterocycles. The van der Waals surface area contributed by atoms with Crippen LogP contribution in [0.25, 0.3) is 23.3 Å². The monoisotopic (exact) mass is 379 g/mol. The summed E-state index contributed by atoms with van der Waals surface area (Å²) < 4.78 is 0.968. The molecule has 118 valence electrons. The van der Waals surface area contributed by atoms with E-state index in [0.717, 1.165) is 21.2 Å². The lowest BCUT2D eigenvalue weighted by atomic mass is 10.0. The molecule has 0 aliphatic rings. The van der Waals surface area contributed by atoms with E-state index >= 15 is 0 Å². The summed E-state index contributed by atoms with van der Waals surface area (Å²) >= 11 is 3.42. The highest BCUT2D eigenvalue weighted by Crippen LogP contribution is 2.22. The Kier molecular flexibility index (Phi) is 4.87. The lowest BCUT2D eigenvalue weighted by Crippen LogP contribution is -2.02. The van der Waals surface area contributed by atoms with Crippen LogP contribution in [0.5, 0.6) is 0 Å². The third-order valence-electron chi connectivity index (χ3n) is 3.54. The average Bonchev–Trinajstić information content (AvgIpc) is 2.60. The molecule has 0 atom stereocenters. The summed E-state index contributed by atoms with van der Waals surface area (Å²) in [4.78, 5) is 15.9. The van der Waals surface area contributed by atoms with Crippen LogP contribution in [0.4, 0.5) is 0 Å². The Bertz CT molecular complexity index is 905. The predicted octanol–water partition coefficient (Wildman–Crippen LogP) is 5.38. The Hall–Kier alpha value is -2.72. The first-order valence-corrected chi connectivity index (χ1v) is 8.15. The smallest absolute Gasteiger partial charge is 0.337 e. The predicted molar refractivity (Wildman–Crippen MR) is 99.7 cm³/mol. The number of pyridine rings is 1. The first-order valence-electron chi connectivity index (χ1n) is 7.36. The van der Waals surface area contributed by atoms with Crippen molar-refractivity contribution in [2.75, 3.05) is 0 Å². The maximum atomic E-state index is 11.6. The molecule has 0 unspecified atom stereocenters. The van der Waals surface area contributed by atoms with E-state index in [1.54, 1.807) is 18.3 Å². The molecular formula is C20H14BrNO2. The number of hydrogen-bond donors (Lipinski definition) is 1. The van der Waals surface area contributed by atoms with Gasteiger partial charge in [-0.05, 0) is 35.4 Å². The summed E-state index contributed by atoms with van der Waals surface area (Å²) in [6.45, 7) is 0. The molecule has 0 fully saturated rings. The third-order valence-corrected chi connectivity index (χ3v) is 4.03. The van der Waals surface area contributed by atoms with Crippen molar-refractivity contribution in [1.82, 2.24) is 4.98 Å². The van der Waals surface area contributed by atoms with Crippen molar-refractivity contribution in [2.45, 2.75) is 0 Å². The van der Waals surface area contributed by atoms with Gasteiger partial charge in [-0.1, -0.05) is 64.5 Å². The van der Waals surface area contributed by atoms with E-state index in [1.807, 2.05) is 60.7 Å². The highest BCUT2D eigenvalue weighted by Gasteiger charge is 2.11. The molecule has 0 saturated heterocycles. The largest absolute Gasteiger partial charge is 0.478 e. The van der Waals surface area contributed by atoms with E-state index in [2.05, 4.69) is 20.9 Å². The molecule has 0 bridgehead atoms. The van der Waals surface area contributed by atoms with Gasteiger partial charge < -0.3 is 5.11 Å². The minimum absolute atomic E-state index is 0.183. The van der Waals surface area contributed by atoms with Crippen molar-refractivity contribution in [3.8, 4) is 11.1 Å². The number of nitrogens with zero attached hydrogens (tertiary/aromatic N) is 1. The minimum atomic E-state index is -0.992. The second kappa shape index (κ2) is 7.23. The van der Waals surface area contributed by atoms with E-state index in [9.17, 15) is 9.90 Å². The van der Waals surface area contributed by atoms with Gasteiger partial charge in [-0.2, -0.15) is 0 Å². The van der Waals surface area contributed by atoms with E-state index < -0.39 is 5.97 Å². The molecule has 24 heavy (non-hydrogen) atoms. The van der Waals surface area contributed by atoms with Crippen LogP contribution >= 0.6 is 15.9 Å². The highest BCUT2D eigenvalue weighted by atomic mass is 79.9. The Labute approximate surface area is 148 Å². The number of aromatic nitrogens is 1. The Morgan fingerprint density at radius 3 is 2.46 bits per heavy atom. The standard InChI is InChI=1S/C20H14BrNO2/c21-17-8-4-5-14(11-17)9-10-19-18(20(23)24)12-16(13-22-19)15-6-2-1-3-7-15/h1-13H,(H,23,24)/b10-9+. The van der Waals surface area contributed by atoms with Crippen LogP contribution in [-0.4, -0.2) is 16.1 Å². The van der Waals surface area contributed by atoms with Crippen molar-refractivity contribution in [1.29, 1.82) is 0 Å². The zero-order chi connectivity index (χ0) is 16.9. The number of hydrogen-bond acceptors (Lipinski definition) is 2. The van der Waals surface area contributed by atoms with Crippen LogP contribution in [0.1, 0.15) is 21.6 Å². The number of benzene rings is 2. The second-order valence-electron chi connectivity index (χ2n) is 5.22. The molecule has 1 N–H and O–H groups in total. The topological polar surface area (TPSA) is 50.2 Å². The third kappa shape index (κ3) is 3.78. The molecule has 3 aromatic rings. The summed E-state index contributed by atoms with van der Waals surface area (Å²) in [5.74, 6) is -0.992. The van der Waals surface area contributed by atoms with Crippen molar-refractivity contribution < 1.29 is 9.90 Å². The number of carbonyl (C=O) groups is 1. The quantitative estimate of drug-likeness (QED) is 0.661. The maximum absolute atomic E-state index is 11.6. The van der Waals surface area contributed by atoms with Gasteiger partial charge in [-0.3, -0.25) is 4.98 Å². The van der Waals surface area contributed by atoms with E-state index in [0.29, 0.717) is 5.69 Å². The van der Waals surface area contributed by atoms with Crippen LogP contribution in [0.15, 0.2) is 71.3 Å². The van der Waals surface area contributed by atoms with Crippen molar-refractivity contribution in [3.63, 3.8) is 0 Å². The molecule has 4 heteroatoms. The fourth-order valence-electron chi connectivity index (χ4n) is 2.35. The highest BCUT2D eigenvalue weighted by molar-refractivity contribution is 9.10. The van der Waals surface area contributed by atoms with E-state index in [-0.39, 0.29) is 5.56 Å². The van der Waals surface area contributed by atoms with Gasteiger partial charge in [0, 0.05) is 16.2 Å². The Morgan fingerprint density at radius 2 is 1.75 bits per heavy atom. The number of carboxylic acids is 1. The SMILES string of the molecule is O=C(O)c1cc(-c2ccccc2)cnc1/C=C/c1cccc(Br)c1. The molecule has 0 amide bonds. The molecule has 0 aliphatic heterocycles. The van der Waals surface area contributed by atoms with Gasteiger partial charge in [0.2, 0.25) is 0 Å². The van der Waals surface area contributed by atoms with Gasteiger partial charge >= 0.3 is 5.97 Å². The zero-order valence-electron chi connectivity index (χ0n) is 12.7. The summed E-state index contributed by atoms with van der Waals surface area (Å²) in [5.41, 5.74) is 3.31. The Morgan fingerprint density at radius 1 is 0.958 bits per heavy atom. The normalized spacial score (nSPS) is 10.9.